The molecule has 1 aliphatic heterocycles. The van der Waals surface area contributed by atoms with Gasteiger partial charge in [-0.2, -0.15) is 0 Å². The van der Waals surface area contributed by atoms with Crippen LogP contribution in [-0.4, -0.2) is 180 Å². The fourth-order valence-corrected chi connectivity index (χ4v) is 8.56. The molecule has 9 atom stereocenters. The Morgan fingerprint density at radius 1 is 0.718 bits per heavy atom. The van der Waals surface area contributed by atoms with E-state index in [1.807, 2.05) is 12.1 Å². The van der Waals surface area contributed by atoms with Crippen LogP contribution in [0.1, 0.15) is 66.0 Å². The molecule has 24 nitrogen and oxygen atoms in total. The molecule has 78 heavy (non-hydrogen) atoms. The summed E-state index contributed by atoms with van der Waals surface area (Å²) in [5, 5.41) is 63.0. The highest BCUT2D eigenvalue weighted by Crippen LogP contribution is 2.39. The molecule has 1 fully saturated rings. The largest absolute Gasteiger partial charge is 0.481 e. The van der Waals surface area contributed by atoms with Gasteiger partial charge in [0.1, 0.15) is 37.0 Å². The molecule has 0 spiro atoms. The molecule has 1 saturated heterocycles. The van der Waals surface area contributed by atoms with Crippen molar-refractivity contribution < 1.29 is 87.5 Å². The number of hydrogen-bond acceptors (Lipinski definition) is 19. The molecule has 0 bridgehead atoms. The van der Waals surface area contributed by atoms with Crippen LogP contribution in [0.2, 0.25) is 0 Å². The van der Waals surface area contributed by atoms with E-state index in [0.717, 1.165) is 19.6 Å². The average Bonchev–Trinajstić information content (AvgIpc) is 3.68. The number of aliphatic carboxylic acids is 1. The number of carboxylic acids is 1. The molecule has 1 aliphatic rings. The summed E-state index contributed by atoms with van der Waals surface area (Å²) in [6.45, 7) is 11.5. The van der Waals surface area contributed by atoms with Crippen molar-refractivity contribution in [2.75, 3.05) is 60.4 Å². The summed E-state index contributed by atoms with van der Waals surface area (Å²) in [5.74, 6) is -11.0. The predicted octanol–water partition coefficient (Wildman–Crippen LogP) is 2.30. The third-order valence-electron chi connectivity index (χ3n) is 12.6. The zero-order valence-electron chi connectivity index (χ0n) is 45.7. The third-order valence-corrected chi connectivity index (χ3v) is 12.6. The van der Waals surface area contributed by atoms with E-state index < -0.39 is 120 Å². The predicted molar refractivity (Wildman–Crippen MR) is 279 cm³/mol. The number of methoxy groups -OCH3 is 2. The second-order valence-electron chi connectivity index (χ2n) is 21.1. The molecule has 2 aromatic carbocycles. The smallest absolute Gasteiger partial charge is 0.407 e. The number of carbonyl (C=O) groups excluding carboxylic acids is 5. The Hall–Kier alpha value is -6.35. The van der Waals surface area contributed by atoms with E-state index in [9.17, 15) is 54.3 Å². The van der Waals surface area contributed by atoms with Crippen molar-refractivity contribution in [3.8, 4) is 11.3 Å². The van der Waals surface area contributed by atoms with Gasteiger partial charge < -0.3 is 74.6 Å². The van der Waals surface area contributed by atoms with Crippen LogP contribution >= 0.6 is 0 Å². The fourth-order valence-electron chi connectivity index (χ4n) is 8.56. The Bertz CT molecular complexity index is 2360. The van der Waals surface area contributed by atoms with Crippen LogP contribution in [0, 0.1) is 22.7 Å². The van der Waals surface area contributed by atoms with Gasteiger partial charge in [-0.15, -0.1) is 0 Å². The van der Waals surface area contributed by atoms with E-state index in [1.165, 1.54) is 5.01 Å². The van der Waals surface area contributed by atoms with Gasteiger partial charge in [0.2, 0.25) is 5.91 Å². The van der Waals surface area contributed by atoms with Gasteiger partial charge in [0.05, 0.1) is 70.8 Å². The van der Waals surface area contributed by atoms with Gasteiger partial charge in [-0.1, -0.05) is 102 Å². The van der Waals surface area contributed by atoms with E-state index in [2.05, 4.69) is 26.4 Å². The number of aliphatic hydroxyl groups excluding tert-OH is 2. The van der Waals surface area contributed by atoms with Gasteiger partial charge in [0.15, 0.2) is 12.1 Å². The number of nitrogens with zero attached hydrogens (tertiary/aromatic N) is 2. The fraction of sp³-hybridized carbons (Fsp3) is 0.574. The third kappa shape index (κ3) is 20.5. The van der Waals surface area contributed by atoms with Gasteiger partial charge in [-0.25, -0.2) is 14.6 Å². The summed E-state index contributed by atoms with van der Waals surface area (Å²) in [6, 6.07) is 17.3. The summed E-state index contributed by atoms with van der Waals surface area (Å²) in [4.78, 5) is 87.4. The molecule has 4 amide bonds. The number of hydrazine groups is 1. The summed E-state index contributed by atoms with van der Waals surface area (Å²) in [5.41, 5.74) is 3.52. The molecule has 24 heteroatoms. The second-order valence-corrected chi connectivity index (χ2v) is 21.1. The number of ether oxygens (including phenoxy) is 7. The Labute approximate surface area is 454 Å². The average molecular weight is 1100 g/mol. The zero-order valence-corrected chi connectivity index (χ0v) is 45.7. The molecule has 3 aromatic rings. The van der Waals surface area contributed by atoms with Crippen LogP contribution in [0.25, 0.3) is 11.3 Å². The minimum atomic E-state index is -2.83. The SMILES string of the molecule is COCCOCCOCCOC(=O)N[C@@H](C(=O)NC(Cc1ccccc1)C(CN(Cc1ccc(-c2ccccn2)cc1)NC(=O)C(NC(=O)OC)C(C)(C)C)OC(=O)[C@H](CC(=O)O)[C@@H]1[C@@H](O)[C@@H](O)O[C@H]1C(C)(O)O)C(C)(C)C. The lowest BCUT2D eigenvalue weighted by atomic mass is 9.80. The number of esters is 1. The lowest BCUT2D eigenvalue weighted by Crippen LogP contribution is -2.61. The molecule has 4 rings (SSSR count). The topological polar surface area (TPSA) is 332 Å². The van der Waals surface area contributed by atoms with Gasteiger partial charge >= 0.3 is 24.1 Å². The van der Waals surface area contributed by atoms with Crippen LogP contribution in [0.3, 0.4) is 0 Å². The standard InChI is InChI=1S/C54H78N6O18/c1-52(2,3)43(58-51(69)76-28-27-75-26-25-74-24-23-72-8)46(64)56-38(29-33-15-11-10-12-16-33)39(77-48(66)36(30-40(61)62)41-42(63)49(67)78-45(41)54(7,70)71)32-60(59-47(65)44(53(4,5)6)57-50(68)73-9)31-34-18-20-35(21-19-34)37-17-13-14-22-55-37/h10-22,36,38-39,41-45,49,63,67,70-71H,23-32H2,1-9H3,(H,56,64)(H,57,68)(H,58,69)(H,59,65)(H,61,62)/t36-,38?,39?,41-,42-,43+,44?,45-,49+/m1/s1. The summed E-state index contributed by atoms with van der Waals surface area (Å²) < 4.78 is 37.6. The van der Waals surface area contributed by atoms with Crippen molar-refractivity contribution in [3.05, 3.63) is 90.1 Å². The van der Waals surface area contributed by atoms with E-state index >= 15 is 0 Å². The number of rotatable bonds is 29. The highest BCUT2D eigenvalue weighted by molar-refractivity contribution is 5.87. The first kappa shape index (κ1) is 64.2. The summed E-state index contributed by atoms with van der Waals surface area (Å²) in [7, 11) is 2.69. The minimum Gasteiger partial charge on any atom is -0.481 e. The summed E-state index contributed by atoms with van der Waals surface area (Å²) in [6.07, 6.45) is -9.08. The molecule has 0 aliphatic carbocycles. The first-order valence-electron chi connectivity index (χ1n) is 25.4. The van der Waals surface area contributed by atoms with Crippen LogP contribution in [0.4, 0.5) is 9.59 Å². The maximum absolute atomic E-state index is 15.0. The van der Waals surface area contributed by atoms with Crippen molar-refractivity contribution in [2.24, 2.45) is 22.7 Å². The number of pyridine rings is 1. The Morgan fingerprint density at radius 3 is 1.87 bits per heavy atom. The van der Waals surface area contributed by atoms with Crippen LogP contribution in [0.15, 0.2) is 79.0 Å². The number of alkyl carbamates (subject to hydrolysis) is 2. The minimum absolute atomic E-state index is 0.0126. The second kappa shape index (κ2) is 30.1. The molecule has 2 heterocycles. The van der Waals surface area contributed by atoms with Gasteiger partial charge in [0, 0.05) is 31.3 Å². The molecule has 9 N–H and O–H groups in total. The molecule has 0 radical (unpaired) electrons. The number of benzene rings is 2. The highest BCUT2D eigenvalue weighted by Gasteiger charge is 2.56. The summed E-state index contributed by atoms with van der Waals surface area (Å²) >= 11 is 0. The number of amides is 4. The molecule has 1 aromatic heterocycles. The van der Waals surface area contributed by atoms with E-state index in [0.29, 0.717) is 30.0 Å². The van der Waals surface area contributed by atoms with Gasteiger partial charge in [-0.3, -0.25) is 29.6 Å². The Balaban J connectivity index is 1.85. The normalized spacial score (nSPS) is 18.6. The first-order chi connectivity index (χ1) is 36.7. The Kier molecular flexibility index (Phi) is 24.8. The van der Waals surface area contributed by atoms with Crippen molar-refractivity contribution in [1.82, 2.24) is 31.4 Å². The first-order valence-corrected chi connectivity index (χ1v) is 25.4. The molecule has 3 unspecified atom stereocenters. The molecule has 432 valence electrons. The monoisotopic (exact) mass is 1100 g/mol. The maximum Gasteiger partial charge on any atom is 0.407 e. The van der Waals surface area contributed by atoms with Crippen molar-refractivity contribution in [3.63, 3.8) is 0 Å². The molecule has 0 saturated carbocycles. The van der Waals surface area contributed by atoms with Crippen molar-refractivity contribution >= 4 is 35.9 Å². The van der Waals surface area contributed by atoms with E-state index in [1.54, 1.807) is 116 Å². The van der Waals surface area contributed by atoms with Crippen LogP contribution < -0.4 is 21.4 Å². The number of nitrogens with one attached hydrogen (secondary N) is 4. The quantitative estimate of drug-likeness (QED) is 0.0158. The lowest BCUT2D eigenvalue weighted by Gasteiger charge is -2.38. The lowest BCUT2D eigenvalue weighted by molar-refractivity contribution is -0.250. The number of aliphatic hydroxyl groups is 4. The number of carbonyl (C=O) groups is 6. The highest BCUT2D eigenvalue weighted by atomic mass is 16.7. The van der Waals surface area contributed by atoms with E-state index in [4.69, 9.17) is 33.2 Å². The molecular formula is C54H78N6O18. The Morgan fingerprint density at radius 2 is 1.31 bits per heavy atom. The number of carboxylic acid groups (broad SMARTS) is 1. The van der Waals surface area contributed by atoms with Gasteiger partial charge in [0.25, 0.3) is 5.91 Å². The number of hydrogen-bond donors (Lipinski definition) is 9. The van der Waals surface area contributed by atoms with Crippen LogP contribution in [0.5, 0.6) is 0 Å². The maximum atomic E-state index is 15.0. The zero-order chi connectivity index (χ0) is 57.8. The van der Waals surface area contributed by atoms with Crippen molar-refractivity contribution in [2.45, 2.75) is 116 Å². The number of aromatic nitrogens is 1. The molecular weight excluding hydrogens is 1020 g/mol. The van der Waals surface area contributed by atoms with Crippen molar-refractivity contribution in [1.29, 1.82) is 0 Å². The van der Waals surface area contributed by atoms with E-state index in [-0.39, 0.29) is 39.4 Å². The van der Waals surface area contributed by atoms with Gasteiger partial charge in [-0.05, 0) is 47.4 Å². The van der Waals surface area contributed by atoms with Crippen LogP contribution in [-0.2, 0) is 65.3 Å².